The van der Waals surface area contributed by atoms with Crippen molar-refractivity contribution in [3.63, 3.8) is 0 Å². The predicted molar refractivity (Wildman–Crippen MR) is 63.0 cm³/mol. The molecule has 0 saturated heterocycles. The summed E-state index contributed by atoms with van der Waals surface area (Å²) < 4.78 is 0. The first-order valence-corrected chi connectivity index (χ1v) is 5.89. The van der Waals surface area contributed by atoms with E-state index in [0.717, 1.165) is 0 Å². The number of rotatable bonds is 6. The lowest BCUT2D eigenvalue weighted by molar-refractivity contribution is -0.147. The number of hydrogen-bond acceptors (Lipinski definition) is 4. The summed E-state index contributed by atoms with van der Waals surface area (Å²) >= 11 is 0. The molecule has 0 aromatic heterocycles. The average molecular weight is 286 g/mol. The molecule has 0 spiro atoms. The molecule has 0 aliphatic heterocycles. The molecule has 0 heterocycles. The minimum Gasteiger partial charge on any atom is -0.481 e. The minimum absolute atomic E-state index is 0.0790. The van der Waals surface area contributed by atoms with Gasteiger partial charge in [0.2, 0.25) is 0 Å². The van der Waals surface area contributed by atoms with Crippen molar-refractivity contribution < 1.29 is 39.6 Å². The number of carbonyl (C=O) groups is 4. The van der Waals surface area contributed by atoms with Crippen molar-refractivity contribution in [2.75, 3.05) is 0 Å². The van der Waals surface area contributed by atoms with E-state index in [1.54, 1.807) is 0 Å². The molecular formula is C12H14O8. The van der Waals surface area contributed by atoms with E-state index in [1.807, 2.05) is 0 Å². The lowest BCUT2D eigenvalue weighted by Crippen LogP contribution is -2.31. The second kappa shape index (κ2) is 6.18. The third-order valence-corrected chi connectivity index (χ3v) is 3.26. The second-order valence-corrected chi connectivity index (χ2v) is 4.52. The fourth-order valence-electron chi connectivity index (χ4n) is 2.43. The normalized spacial score (nSPS) is 20.3. The van der Waals surface area contributed by atoms with Crippen LogP contribution in [0.2, 0.25) is 0 Å². The molecule has 4 N–H and O–H groups in total. The van der Waals surface area contributed by atoms with Gasteiger partial charge in [-0.2, -0.15) is 0 Å². The highest BCUT2D eigenvalue weighted by atomic mass is 16.4. The van der Waals surface area contributed by atoms with E-state index < -0.39 is 47.7 Å². The average Bonchev–Trinajstić information content (AvgIpc) is 2.34. The number of carboxylic acid groups (broad SMARTS) is 4. The van der Waals surface area contributed by atoms with Crippen LogP contribution in [0.1, 0.15) is 25.7 Å². The minimum atomic E-state index is -1.51. The molecule has 2 unspecified atom stereocenters. The van der Waals surface area contributed by atoms with Crippen LogP contribution >= 0.6 is 0 Å². The van der Waals surface area contributed by atoms with Crippen LogP contribution in [-0.2, 0) is 19.2 Å². The molecule has 0 radical (unpaired) electrons. The Morgan fingerprint density at radius 1 is 1.10 bits per heavy atom. The monoisotopic (exact) mass is 286 g/mol. The maximum atomic E-state index is 11.2. The van der Waals surface area contributed by atoms with Gasteiger partial charge >= 0.3 is 23.9 Å². The van der Waals surface area contributed by atoms with Crippen molar-refractivity contribution in [3.05, 3.63) is 11.1 Å². The van der Waals surface area contributed by atoms with Gasteiger partial charge in [-0.3, -0.25) is 14.4 Å². The first-order chi connectivity index (χ1) is 9.25. The van der Waals surface area contributed by atoms with Crippen molar-refractivity contribution in [2.24, 2.45) is 11.8 Å². The SMILES string of the molecule is O=C(O)CC(C(=O)O)C1=C(C(=O)O)C(C(=O)O)CCC1. The molecule has 0 fully saturated rings. The highest BCUT2D eigenvalue weighted by molar-refractivity contribution is 5.96. The molecule has 1 aliphatic rings. The number of hydrogen-bond donors (Lipinski definition) is 4. The van der Waals surface area contributed by atoms with E-state index >= 15 is 0 Å². The van der Waals surface area contributed by atoms with Crippen LogP contribution in [0.25, 0.3) is 0 Å². The van der Waals surface area contributed by atoms with Gasteiger partial charge in [0.05, 0.1) is 23.8 Å². The van der Waals surface area contributed by atoms with Crippen LogP contribution < -0.4 is 0 Å². The fourth-order valence-corrected chi connectivity index (χ4v) is 2.43. The molecule has 1 aliphatic carbocycles. The molecule has 0 amide bonds. The second-order valence-electron chi connectivity index (χ2n) is 4.52. The van der Waals surface area contributed by atoms with Gasteiger partial charge < -0.3 is 20.4 Å². The van der Waals surface area contributed by atoms with E-state index in [-0.39, 0.29) is 18.4 Å². The van der Waals surface area contributed by atoms with E-state index in [1.165, 1.54) is 0 Å². The maximum Gasteiger partial charge on any atom is 0.332 e. The van der Waals surface area contributed by atoms with Gasteiger partial charge in [-0.1, -0.05) is 0 Å². The first-order valence-electron chi connectivity index (χ1n) is 5.89. The van der Waals surface area contributed by atoms with E-state index in [4.69, 9.17) is 20.4 Å². The van der Waals surface area contributed by atoms with Crippen LogP contribution in [0.3, 0.4) is 0 Å². The quantitative estimate of drug-likeness (QED) is 0.549. The Kier molecular flexibility index (Phi) is 4.84. The van der Waals surface area contributed by atoms with Gasteiger partial charge in [-0.25, -0.2) is 4.79 Å². The van der Waals surface area contributed by atoms with Gasteiger partial charge in [0.25, 0.3) is 0 Å². The smallest absolute Gasteiger partial charge is 0.332 e. The largest absolute Gasteiger partial charge is 0.481 e. The summed E-state index contributed by atoms with van der Waals surface area (Å²) in [5, 5.41) is 35.9. The Balaban J connectivity index is 3.34. The zero-order valence-corrected chi connectivity index (χ0v) is 10.4. The third kappa shape index (κ3) is 3.34. The number of aliphatic carboxylic acids is 4. The zero-order valence-electron chi connectivity index (χ0n) is 10.4. The van der Waals surface area contributed by atoms with Gasteiger partial charge in [0.15, 0.2) is 0 Å². The van der Waals surface area contributed by atoms with Crippen LogP contribution in [0, 0.1) is 11.8 Å². The van der Waals surface area contributed by atoms with E-state index in [0.29, 0.717) is 6.42 Å². The highest BCUT2D eigenvalue weighted by Gasteiger charge is 2.38. The topological polar surface area (TPSA) is 149 Å². The molecule has 0 aromatic rings. The summed E-state index contributed by atoms with van der Waals surface area (Å²) in [4.78, 5) is 44.1. The molecule has 8 nitrogen and oxygen atoms in total. The molecule has 0 aromatic carbocycles. The molecule has 8 heteroatoms. The first kappa shape index (κ1) is 15.7. The third-order valence-electron chi connectivity index (χ3n) is 3.26. The lowest BCUT2D eigenvalue weighted by atomic mass is 9.77. The van der Waals surface area contributed by atoms with Crippen molar-refractivity contribution in [1.29, 1.82) is 0 Å². The van der Waals surface area contributed by atoms with Gasteiger partial charge in [-0.15, -0.1) is 0 Å². The Bertz CT molecular complexity index is 490. The summed E-state index contributed by atoms with van der Waals surface area (Å²) in [7, 11) is 0. The number of carboxylic acids is 4. The summed E-state index contributed by atoms with van der Waals surface area (Å²) in [5.74, 6) is -8.52. The summed E-state index contributed by atoms with van der Waals surface area (Å²) in [6, 6.07) is 0. The molecule has 20 heavy (non-hydrogen) atoms. The van der Waals surface area contributed by atoms with Crippen molar-refractivity contribution in [3.8, 4) is 0 Å². The van der Waals surface area contributed by atoms with Crippen LogP contribution in [0.5, 0.6) is 0 Å². The van der Waals surface area contributed by atoms with Gasteiger partial charge in [0.1, 0.15) is 0 Å². The van der Waals surface area contributed by atoms with Crippen molar-refractivity contribution in [1.82, 2.24) is 0 Å². The Morgan fingerprint density at radius 2 is 1.70 bits per heavy atom. The Morgan fingerprint density at radius 3 is 2.10 bits per heavy atom. The fraction of sp³-hybridized carbons (Fsp3) is 0.500. The van der Waals surface area contributed by atoms with Crippen molar-refractivity contribution in [2.45, 2.75) is 25.7 Å². The standard InChI is InChI=1S/C12H14O8/c13-8(14)4-7(11(17)18)5-2-1-3-6(10(15)16)9(5)12(19)20/h6-7H,1-4H2,(H,13,14)(H,15,16)(H,17,18)(H,19,20). The lowest BCUT2D eigenvalue weighted by Gasteiger charge is -2.26. The van der Waals surface area contributed by atoms with Crippen LogP contribution in [0.4, 0.5) is 0 Å². The highest BCUT2D eigenvalue weighted by Crippen LogP contribution is 2.36. The summed E-state index contributed by atoms with van der Waals surface area (Å²) in [6.07, 6.45) is -0.282. The summed E-state index contributed by atoms with van der Waals surface area (Å²) in [5.41, 5.74) is -0.594. The van der Waals surface area contributed by atoms with Gasteiger partial charge in [-0.05, 0) is 24.8 Å². The Labute approximate surface area is 113 Å². The summed E-state index contributed by atoms with van der Waals surface area (Å²) in [6.45, 7) is 0. The van der Waals surface area contributed by atoms with E-state index in [9.17, 15) is 19.2 Å². The predicted octanol–water partition coefficient (Wildman–Crippen LogP) is 0.428. The van der Waals surface area contributed by atoms with Crippen LogP contribution in [0.15, 0.2) is 11.1 Å². The molecule has 0 bridgehead atoms. The maximum absolute atomic E-state index is 11.2. The Hall–Kier alpha value is -2.38. The van der Waals surface area contributed by atoms with E-state index in [2.05, 4.69) is 0 Å². The molecule has 0 saturated carbocycles. The molecule has 110 valence electrons. The molecule has 1 rings (SSSR count). The molecular weight excluding hydrogens is 272 g/mol. The van der Waals surface area contributed by atoms with Gasteiger partial charge in [0, 0.05) is 0 Å². The van der Waals surface area contributed by atoms with Crippen molar-refractivity contribution >= 4 is 23.9 Å². The zero-order chi connectivity index (χ0) is 15.4. The van der Waals surface area contributed by atoms with Crippen LogP contribution in [-0.4, -0.2) is 44.3 Å². The molecule has 2 atom stereocenters.